The maximum Gasteiger partial charge on any atom is 0.237 e. The van der Waals surface area contributed by atoms with Gasteiger partial charge in [-0.25, -0.2) is 0 Å². The lowest BCUT2D eigenvalue weighted by atomic mass is 9.97. The fraction of sp³-hybridized carbons (Fsp3) is 0.571. The average molecular weight is 261 g/mol. The Morgan fingerprint density at radius 2 is 2.37 bits per heavy atom. The van der Waals surface area contributed by atoms with E-state index in [1.165, 1.54) is 0 Å². The van der Waals surface area contributed by atoms with E-state index in [-0.39, 0.29) is 17.9 Å². The van der Waals surface area contributed by atoms with Gasteiger partial charge in [0.15, 0.2) is 0 Å². The predicted octanol–water partition coefficient (Wildman–Crippen LogP) is 1.52. The zero-order chi connectivity index (χ0) is 13.7. The summed E-state index contributed by atoms with van der Waals surface area (Å²) < 4.78 is 5.17. The van der Waals surface area contributed by atoms with Crippen LogP contribution in [0.5, 0.6) is 0 Å². The normalized spacial score (nSPS) is 18.7. The van der Waals surface area contributed by atoms with Crippen molar-refractivity contribution in [3.8, 4) is 6.07 Å². The minimum Gasteiger partial charge on any atom is -0.467 e. The monoisotopic (exact) mass is 261 g/mol. The highest BCUT2D eigenvalue weighted by Crippen LogP contribution is 2.18. The molecule has 0 bridgehead atoms. The Bertz CT molecular complexity index is 442. The molecule has 1 saturated heterocycles. The van der Waals surface area contributed by atoms with Crippen LogP contribution >= 0.6 is 0 Å². The fourth-order valence-electron chi connectivity index (χ4n) is 2.32. The average Bonchev–Trinajstić information content (AvgIpc) is 2.97. The summed E-state index contributed by atoms with van der Waals surface area (Å²) in [5.74, 6) is 0.908. The summed E-state index contributed by atoms with van der Waals surface area (Å²) in [5, 5.41) is 11.7. The molecule has 2 heterocycles. The third-order valence-corrected chi connectivity index (χ3v) is 3.66. The minimum absolute atomic E-state index is 0.00630. The first-order valence-corrected chi connectivity index (χ1v) is 6.64. The van der Waals surface area contributed by atoms with Crippen LogP contribution in [0.25, 0.3) is 0 Å². The molecule has 1 aliphatic rings. The number of hydrogen-bond donors (Lipinski definition) is 1. The van der Waals surface area contributed by atoms with Crippen molar-refractivity contribution >= 4 is 5.91 Å². The van der Waals surface area contributed by atoms with Crippen molar-refractivity contribution in [2.24, 2.45) is 5.92 Å². The topological polar surface area (TPSA) is 69.3 Å². The van der Waals surface area contributed by atoms with E-state index in [0.29, 0.717) is 6.54 Å². The molecule has 1 aromatic rings. The summed E-state index contributed by atoms with van der Waals surface area (Å²) in [4.78, 5) is 14.2. The molecule has 1 amide bonds. The lowest BCUT2D eigenvalue weighted by molar-refractivity contribution is -0.126. The Morgan fingerprint density at radius 1 is 1.63 bits per heavy atom. The first-order valence-electron chi connectivity index (χ1n) is 6.64. The van der Waals surface area contributed by atoms with Gasteiger partial charge in [-0.3, -0.25) is 9.69 Å². The van der Waals surface area contributed by atoms with Crippen molar-refractivity contribution in [3.05, 3.63) is 24.2 Å². The Morgan fingerprint density at radius 3 is 2.95 bits per heavy atom. The minimum atomic E-state index is -0.158. The Labute approximate surface area is 113 Å². The SMILES string of the molecule is CC(C(=O)NCc1ccco1)N1CCC(C#N)CC1. The van der Waals surface area contributed by atoms with E-state index in [2.05, 4.69) is 16.3 Å². The summed E-state index contributed by atoms with van der Waals surface area (Å²) in [6.45, 7) is 3.95. The molecule has 1 aliphatic heterocycles. The number of nitrogens with zero attached hydrogens (tertiary/aromatic N) is 2. The summed E-state index contributed by atoms with van der Waals surface area (Å²) in [5.41, 5.74) is 0. The molecule has 102 valence electrons. The van der Waals surface area contributed by atoms with Crippen molar-refractivity contribution < 1.29 is 9.21 Å². The van der Waals surface area contributed by atoms with Gasteiger partial charge in [0.1, 0.15) is 5.76 Å². The molecule has 19 heavy (non-hydrogen) atoms. The van der Waals surface area contributed by atoms with Crippen molar-refractivity contribution in [1.82, 2.24) is 10.2 Å². The predicted molar refractivity (Wildman–Crippen MR) is 69.9 cm³/mol. The van der Waals surface area contributed by atoms with Crippen LogP contribution in [0.15, 0.2) is 22.8 Å². The molecule has 0 aromatic carbocycles. The van der Waals surface area contributed by atoms with Gasteiger partial charge in [-0.05, 0) is 31.9 Å². The van der Waals surface area contributed by atoms with E-state index in [4.69, 9.17) is 9.68 Å². The molecule has 1 atom stereocenters. The Hall–Kier alpha value is -1.80. The third-order valence-electron chi connectivity index (χ3n) is 3.66. The second-order valence-electron chi connectivity index (χ2n) is 4.91. The van der Waals surface area contributed by atoms with Gasteiger partial charge in [0.05, 0.1) is 24.9 Å². The van der Waals surface area contributed by atoms with Crippen LogP contribution in [-0.4, -0.2) is 29.9 Å². The molecular weight excluding hydrogens is 242 g/mol. The summed E-state index contributed by atoms with van der Waals surface area (Å²) in [6, 6.07) is 5.78. The molecule has 5 nitrogen and oxygen atoms in total. The van der Waals surface area contributed by atoms with Gasteiger partial charge in [-0.2, -0.15) is 5.26 Å². The van der Waals surface area contributed by atoms with E-state index in [1.54, 1.807) is 12.3 Å². The number of piperidine rings is 1. The van der Waals surface area contributed by atoms with E-state index < -0.39 is 0 Å². The molecule has 0 saturated carbocycles. The number of carbonyl (C=O) groups is 1. The van der Waals surface area contributed by atoms with Gasteiger partial charge >= 0.3 is 0 Å². The van der Waals surface area contributed by atoms with Gasteiger partial charge in [-0.15, -0.1) is 0 Å². The molecule has 1 fully saturated rings. The summed E-state index contributed by atoms with van der Waals surface area (Å²) in [6.07, 6.45) is 3.30. The van der Waals surface area contributed by atoms with Gasteiger partial charge in [-0.1, -0.05) is 0 Å². The smallest absolute Gasteiger partial charge is 0.237 e. The molecule has 0 radical (unpaired) electrons. The number of amides is 1. The zero-order valence-corrected chi connectivity index (χ0v) is 11.1. The van der Waals surface area contributed by atoms with Crippen LogP contribution < -0.4 is 5.32 Å². The van der Waals surface area contributed by atoms with Crippen LogP contribution in [0.4, 0.5) is 0 Å². The Kier molecular flexibility index (Phi) is 4.58. The van der Waals surface area contributed by atoms with Crippen LogP contribution in [0.2, 0.25) is 0 Å². The number of likely N-dealkylation sites (tertiary alicyclic amines) is 1. The quantitative estimate of drug-likeness (QED) is 0.892. The first kappa shape index (κ1) is 13.6. The zero-order valence-electron chi connectivity index (χ0n) is 11.1. The maximum atomic E-state index is 12.0. The number of hydrogen-bond acceptors (Lipinski definition) is 4. The molecule has 1 aromatic heterocycles. The molecule has 0 spiro atoms. The number of nitrogens with one attached hydrogen (secondary N) is 1. The van der Waals surface area contributed by atoms with Crippen LogP contribution in [0.1, 0.15) is 25.5 Å². The lowest BCUT2D eigenvalue weighted by Crippen LogP contribution is -2.48. The highest BCUT2D eigenvalue weighted by atomic mass is 16.3. The van der Waals surface area contributed by atoms with E-state index in [0.717, 1.165) is 31.7 Å². The van der Waals surface area contributed by atoms with Crippen LogP contribution in [0.3, 0.4) is 0 Å². The molecular formula is C14H19N3O2. The summed E-state index contributed by atoms with van der Waals surface area (Å²) >= 11 is 0. The van der Waals surface area contributed by atoms with Crippen molar-refractivity contribution in [2.75, 3.05) is 13.1 Å². The van der Waals surface area contributed by atoms with E-state index in [1.807, 2.05) is 13.0 Å². The molecule has 1 N–H and O–H groups in total. The number of carbonyl (C=O) groups excluding carboxylic acids is 1. The molecule has 5 heteroatoms. The van der Waals surface area contributed by atoms with Gasteiger partial charge in [0.25, 0.3) is 0 Å². The maximum absolute atomic E-state index is 12.0. The molecule has 1 unspecified atom stereocenters. The molecule has 0 aliphatic carbocycles. The second kappa shape index (κ2) is 6.39. The van der Waals surface area contributed by atoms with E-state index in [9.17, 15) is 4.79 Å². The van der Waals surface area contributed by atoms with Gasteiger partial charge in [0.2, 0.25) is 5.91 Å². The van der Waals surface area contributed by atoms with Crippen LogP contribution in [0, 0.1) is 17.2 Å². The number of rotatable bonds is 4. The Balaban J connectivity index is 1.78. The fourth-order valence-corrected chi connectivity index (χ4v) is 2.32. The largest absolute Gasteiger partial charge is 0.467 e. The third kappa shape index (κ3) is 3.58. The number of nitriles is 1. The van der Waals surface area contributed by atoms with Gasteiger partial charge in [0, 0.05) is 19.0 Å². The number of furan rings is 1. The standard InChI is InChI=1S/C14H19N3O2/c1-11(17-6-4-12(9-15)5-7-17)14(18)16-10-13-3-2-8-19-13/h2-3,8,11-12H,4-7,10H2,1H3,(H,16,18). The van der Waals surface area contributed by atoms with Crippen molar-refractivity contribution in [3.63, 3.8) is 0 Å². The van der Waals surface area contributed by atoms with Crippen LogP contribution in [-0.2, 0) is 11.3 Å². The van der Waals surface area contributed by atoms with Gasteiger partial charge < -0.3 is 9.73 Å². The highest BCUT2D eigenvalue weighted by molar-refractivity contribution is 5.81. The second-order valence-corrected chi connectivity index (χ2v) is 4.91. The van der Waals surface area contributed by atoms with Crippen molar-refractivity contribution in [2.45, 2.75) is 32.4 Å². The van der Waals surface area contributed by atoms with E-state index >= 15 is 0 Å². The highest BCUT2D eigenvalue weighted by Gasteiger charge is 2.26. The lowest BCUT2D eigenvalue weighted by Gasteiger charge is -2.33. The van der Waals surface area contributed by atoms with Crippen molar-refractivity contribution in [1.29, 1.82) is 5.26 Å². The molecule has 2 rings (SSSR count). The summed E-state index contributed by atoms with van der Waals surface area (Å²) in [7, 11) is 0. The first-order chi connectivity index (χ1) is 9.20.